The van der Waals surface area contributed by atoms with Gasteiger partial charge in [0, 0.05) is 14.1 Å². The molecule has 0 fully saturated rings. The SMILES string of the molecule is CNC(=O)CN(C)S(=O)(=O)c1cc(C(=O)O)c(C)cc1C. The van der Waals surface area contributed by atoms with E-state index in [4.69, 9.17) is 5.11 Å². The zero-order chi connectivity index (χ0) is 16.4. The van der Waals surface area contributed by atoms with Gasteiger partial charge in [-0.05, 0) is 31.0 Å². The van der Waals surface area contributed by atoms with E-state index >= 15 is 0 Å². The van der Waals surface area contributed by atoms with E-state index in [-0.39, 0.29) is 17.0 Å². The molecule has 0 aliphatic carbocycles. The van der Waals surface area contributed by atoms with Gasteiger partial charge in [0.25, 0.3) is 0 Å². The Balaban J connectivity index is 3.34. The topological polar surface area (TPSA) is 104 Å². The predicted octanol–water partition coefficient (Wildman–Crippen LogP) is 0.368. The van der Waals surface area contributed by atoms with Crippen molar-refractivity contribution in [3.63, 3.8) is 0 Å². The van der Waals surface area contributed by atoms with Crippen molar-refractivity contribution in [2.75, 3.05) is 20.6 Å². The monoisotopic (exact) mass is 314 g/mol. The molecule has 1 aromatic carbocycles. The number of nitrogens with one attached hydrogen (secondary N) is 1. The van der Waals surface area contributed by atoms with Crippen LogP contribution >= 0.6 is 0 Å². The van der Waals surface area contributed by atoms with Crippen LogP contribution in [-0.2, 0) is 14.8 Å². The Morgan fingerprint density at radius 3 is 2.29 bits per heavy atom. The summed E-state index contributed by atoms with van der Waals surface area (Å²) in [7, 11) is -1.27. The van der Waals surface area contributed by atoms with Gasteiger partial charge in [0.2, 0.25) is 15.9 Å². The lowest BCUT2D eigenvalue weighted by atomic mass is 10.1. The maximum atomic E-state index is 12.4. The number of carboxylic acids is 1. The van der Waals surface area contributed by atoms with Gasteiger partial charge in [0.15, 0.2) is 0 Å². The molecule has 0 saturated heterocycles. The molecule has 1 rings (SSSR count). The highest BCUT2D eigenvalue weighted by Crippen LogP contribution is 2.23. The fourth-order valence-corrected chi connectivity index (χ4v) is 3.23. The Hall–Kier alpha value is -1.93. The molecule has 0 aromatic heterocycles. The molecule has 7 nitrogen and oxygen atoms in total. The minimum atomic E-state index is -3.94. The zero-order valence-corrected chi connectivity index (χ0v) is 13.1. The predicted molar refractivity (Wildman–Crippen MR) is 76.8 cm³/mol. The quantitative estimate of drug-likeness (QED) is 0.817. The highest BCUT2D eigenvalue weighted by atomic mass is 32.2. The Morgan fingerprint density at radius 2 is 1.81 bits per heavy atom. The number of carboxylic acid groups (broad SMARTS) is 1. The maximum absolute atomic E-state index is 12.4. The van der Waals surface area contributed by atoms with E-state index in [1.165, 1.54) is 20.2 Å². The third-order valence-electron chi connectivity index (χ3n) is 3.09. The summed E-state index contributed by atoms with van der Waals surface area (Å²) in [6.07, 6.45) is 0. The highest BCUT2D eigenvalue weighted by Gasteiger charge is 2.26. The molecular weight excluding hydrogens is 296 g/mol. The molecule has 116 valence electrons. The Labute approximate surface area is 123 Å². The lowest BCUT2D eigenvalue weighted by Crippen LogP contribution is -2.37. The molecule has 0 unspecified atom stereocenters. The largest absolute Gasteiger partial charge is 0.478 e. The van der Waals surface area contributed by atoms with Crippen LogP contribution in [0.15, 0.2) is 17.0 Å². The van der Waals surface area contributed by atoms with Crippen LogP contribution in [0.25, 0.3) is 0 Å². The minimum absolute atomic E-state index is 0.0764. The minimum Gasteiger partial charge on any atom is -0.478 e. The summed E-state index contributed by atoms with van der Waals surface area (Å²) in [4.78, 5) is 22.3. The van der Waals surface area contributed by atoms with Crippen LogP contribution in [0.4, 0.5) is 0 Å². The molecular formula is C13H18N2O5S. The van der Waals surface area contributed by atoms with Crippen molar-refractivity contribution < 1.29 is 23.1 Å². The second-order valence-electron chi connectivity index (χ2n) is 4.67. The van der Waals surface area contributed by atoms with E-state index in [1.54, 1.807) is 13.8 Å². The summed E-state index contributed by atoms with van der Waals surface area (Å²) >= 11 is 0. The van der Waals surface area contributed by atoms with Crippen molar-refractivity contribution in [1.29, 1.82) is 0 Å². The van der Waals surface area contributed by atoms with Crippen LogP contribution in [-0.4, -0.2) is 50.3 Å². The number of aromatic carboxylic acids is 1. The highest BCUT2D eigenvalue weighted by molar-refractivity contribution is 7.89. The van der Waals surface area contributed by atoms with Crippen molar-refractivity contribution in [1.82, 2.24) is 9.62 Å². The molecule has 0 heterocycles. The van der Waals surface area contributed by atoms with E-state index < -0.39 is 21.9 Å². The summed E-state index contributed by atoms with van der Waals surface area (Å²) in [5.74, 6) is -1.65. The van der Waals surface area contributed by atoms with Crippen LogP contribution in [0.5, 0.6) is 0 Å². The van der Waals surface area contributed by atoms with Gasteiger partial charge in [-0.3, -0.25) is 4.79 Å². The number of benzene rings is 1. The smallest absolute Gasteiger partial charge is 0.335 e. The van der Waals surface area contributed by atoms with Gasteiger partial charge in [0.1, 0.15) is 0 Å². The number of hydrogen-bond acceptors (Lipinski definition) is 4. The number of aryl methyl sites for hydroxylation is 2. The van der Waals surface area contributed by atoms with E-state index in [0.29, 0.717) is 11.1 Å². The van der Waals surface area contributed by atoms with Gasteiger partial charge in [-0.2, -0.15) is 4.31 Å². The number of carbonyl (C=O) groups is 2. The first kappa shape index (κ1) is 17.1. The van der Waals surface area contributed by atoms with Crippen LogP contribution in [0.1, 0.15) is 21.5 Å². The Kier molecular flexibility index (Phi) is 5.08. The van der Waals surface area contributed by atoms with Crippen molar-refractivity contribution in [3.8, 4) is 0 Å². The lowest BCUT2D eigenvalue weighted by molar-refractivity contribution is -0.120. The van der Waals surface area contributed by atoms with Crippen molar-refractivity contribution in [2.45, 2.75) is 18.7 Å². The molecule has 0 radical (unpaired) electrons. The van der Waals surface area contributed by atoms with E-state index in [2.05, 4.69) is 5.32 Å². The fraction of sp³-hybridized carbons (Fsp3) is 0.385. The van der Waals surface area contributed by atoms with E-state index in [1.807, 2.05) is 0 Å². The van der Waals surface area contributed by atoms with E-state index in [9.17, 15) is 18.0 Å². The number of hydrogen-bond donors (Lipinski definition) is 2. The summed E-state index contributed by atoms with van der Waals surface area (Å²) in [6, 6.07) is 2.63. The van der Waals surface area contributed by atoms with E-state index in [0.717, 1.165) is 10.4 Å². The second kappa shape index (κ2) is 6.23. The molecule has 21 heavy (non-hydrogen) atoms. The number of amides is 1. The third kappa shape index (κ3) is 3.59. The van der Waals surface area contributed by atoms with Gasteiger partial charge in [0.05, 0.1) is 17.0 Å². The fourth-order valence-electron chi connectivity index (χ4n) is 1.87. The summed E-state index contributed by atoms with van der Waals surface area (Å²) < 4.78 is 25.8. The van der Waals surface area contributed by atoms with Crippen molar-refractivity contribution >= 4 is 21.9 Å². The standard InChI is InChI=1S/C13H18N2O5S/c1-8-5-9(2)11(6-10(8)13(17)18)21(19,20)15(4)7-12(16)14-3/h5-6H,7H2,1-4H3,(H,14,16)(H,17,18). The van der Waals surface area contributed by atoms with Gasteiger partial charge in [-0.1, -0.05) is 6.07 Å². The molecule has 0 aliphatic heterocycles. The van der Waals surface area contributed by atoms with Crippen LogP contribution in [0.2, 0.25) is 0 Å². The number of carbonyl (C=O) groups excluding carboxylic acids is 1. The average molecular weight is 314 g/mol. The first-order valence-electron chi connectivity index (χ1n) is 6.12. The van der Waals surface area contributed by atoms with Crippen LogP contribution < -0.4 is 5.32 Å². The maximum Gasteiger partial charge on any atom is 0.335 e. The molecule has 1 amide bonds. The molecule has 1 aromatic rings. The molecule has 0 bridgehead atoms. The average Bonchev–Trinajstić information content (AvgIpc) is 2.37. The Bertz CT molecular complexity index is 682. The Morgan fingerprint density at radius 1 is 1.24 bits per heavy atom. The molecule has 2 N–H and O–H groups in total. The molecule has 0 aliphatic rings. The lowest BCUT2D eigenvalue weighted by Gasteiger charge is -2.18. The summed E-state index contributed by atoms with van der Waals surface area (Å²) in [5, 5.41) is 11.4. The van der Waals surface area contributed by atoms with Crippen molar-refractivity contribution in [3.05, 3.63) is 28.8 Å². The number of rotatable bonds is 5. The first-order chi connectivity index (χ1) is 9.61. The molecule has 0 spiro atoms. The first-order valence-corrected chi connectivity index (χ1v) is 7.56. The van der Waals surface area contributed by atoms with Gasteiger partial charge >= 0.3 is 5.97 Å². The third-order valence-corrected chi connectivity index (χ3v) is 5.03. The number of nitrogens with zero attached hydrogens (tertiary/aromatic N) is 1. The van der Waals surface area contributed by atoms with Crippen LogP contribution in [0, 0.1) is 13.8 Å². The van der Waals surface area contributed by atoms with Gasteiger partial charge < -0.3 is 10.4 Å². The molecule has 8 heteroatoms. The summed E-state index contributed by atoms with van der Waals surface area (Å²) in [5.41, 5.74) is 0.835. The molecule has 0 saturated carbocycles. The second-order valence-corrected chi connectivity index (χ2v) is 6.69. The number of sulfonamides is 1. The molecule has 0 atom stereocenters. The number of likely N-dealkylation sites (N-methyl/N-ethyl adjacent to an activating group) is 2. The van der Waals surface area contributed by atoms with Gasteiger partial charge in [-0.15, -0.1) is 0 Å². The van der Waals surface area contributed by atoms with Gasteiger partial charge in [-0.25, -0.2) is 13.2 Å². The van der Waals surface area contributed by atoms with Crippen molar-refractivity contribution in [2.24, 2.45) is 0 Å². The normalized spacial score (nSPS) is 11.5. The zero-order valence-electron chi connectivity index (χ0n) is 12.3. The summed E-state index contributed by atoms with van der Waals surface area (Å²) in [6.45, 7) is 2.84. The van der Waals surface area contributed by atoms with Crippen LogP contribution in [0.3, 0.4) is 0 Å².